The lowest BCUT2D eigenvalue weighted by molar-refractivity contribution is -0.122. The normalized spacial score (nSPS) is 11.8. The number of carbonyl (C=O) groups excluding carboxylic acids is 2. The molecule has 2 N–H and O–H groups in total. The summed E-state index contributed by atoms with van der Waals surface area (Å²) in [6.45, 7) is 4.64. The molecule has 5 nitrogen and oxygen atoms in total. The van der Waals surface area contributed by atoms with Crippen LogP contribution in [0.1, 0.15) is 48.7 Å². The third-order valence-corrected chi connectivity index (χ3v) is 4.79. The molecule has 26 heavy (non-hydrogen) atoms. The number of nitrogens with one attached hydrogen (secondary N) is 2. The molecule has 0 spiro atoms. The Bertz CT molecular complexity index is 696. The molecule has 1 heterocycles. The van der Waals surface area contributed by atoms with Gasteiger partial charge >= 0.3 is 0 Å². The van der Waals surface area contributed by atoms with Crippen LogP contribution in [0.3, 0.4) is 0 Å². The standard InChI is InChI=1S/C20H26N2O3S/c1-14(2)19(15-6-8-17(25-3)9-7-15)22-18(23)5-4-11-21-20(24)16-10-12-26-13-16/h6-10,12-14,19H,4-5,11H2,1-3H3,(H,21,24)(H,22,23). The third kappa shape index (κ3) is 5.88. The lowest BCUT2D eigenvalue weighted by Crippen LogP contribution is -2.32. The Kier molecular flexibility index (Phi) is 7.66. The van der Waals surface area contributed by atoms with Crippen molar-refractivity contribution in [1.29, 1.82) is 0 Å². The van der Waals surface area contributed by atoms with Gasteiger partial charge in [0.15, 0.2) is 0 Å². The molecular weight excluding hydrogens is 348 g/mol. The predicted octanol–water partition coefficient (Wildman–Crippen LogP) is 3.78. The van der Waals surface area contributed by atoms with Crippen LogP contribution in [0.15, 0.2) is 41.1 Å². The summed E-state index contributed by atoms with van der Waals surface area (Å²) >= 11 is 1.49. The topological polar surface area (TPSA) is 67.4 Å². The Morgan fingerprint density at radius 3 is 2.46 bits per heavy atom. The Hall–Kier alpha value is -2.34. The number of rotatable bonds is 9. The second-order valence-corrected chi connectivity index (χ2v) is 7.21. The summed E-state index contributed by atoms with van der Waals surface area (Å²) in [5.41, 5.74) is 1.72. The van der Waals surface area contributed by atoms with Gasteiger partial charge in [-0.05, 0) is 41.5 Å². The van der Waals surface area contributed by atoms with Crippen LogP contribution < -0.4 is 15.4 Å². The van der Waals surface area contributed by atoms with Crippen molar-refractivity contribution in [2.75, 3.05) is 13.7 Å². The molecule has 1 aromatic heterocycles. The molecule has 0 fully saturated rings. The van der Waals surface area contributed by atoms with Gasteiger partial charge in [-0.15, -0.1) is 0 Å². The van der Waals surface area contributed by atoms with E-state index in [1.165, 1.54) is 11.3 Å². The molecule has 0 bridgehead atoms. The van der Waals surface area contributed by atoms with Gasteiger partial charge in [-0.25, -0.2) is 0 Å². The second-order valence-electron chi connectivity index (χ2n) is 6.43. The van der Waals surface area contributed by atoms with E-state index in [1.54, 1.807) is 13.2 Å². The van der Waals surface area contributed by atoms with Crippen LogP contribution in [-0.4, -0.2) is 25.5 Å². The van der Waals surface area contributed by atoms with Crippen LogP contribution in [0.5, 0.6) is 5.75 Å². The van der Waals surface area contributed by atoms with Gasteiger partial charge < -0.3 is 15.4 Å². The van der Waals surface area contributed by atoms with E-state index < -0.39 is 0 Å². The molecule has 1 atom stereocenters. The monoisotopic (exact) mass is 374 g/mol. The van der Waals surface area contributed by atoms with Crippen molar-refractivity contribution in [2.24, 2.45) is 5.92 Å². The molecule has 1 aromatic carbocycles. The largest absolute Gasteiger partial charge is 0.497 e. The highest BCUT2D eigenvalue weighted by Crippen LogP contribution is 2.24. The SMILES string of the molecule is COc1ccc(C(NC(=O)CCCNC(=O)c2ccsc2)C(C)C)cc1. The van der Waals surface area contributed by atoms with E-state index in [0.717, 1.165) is 11.3 Å². The molecule has 0 aliphatic rings. The first-order chi connectivity index (χ1) is 12.5. The molecule has 2 rings (SSSR count). The minimum atomic E-state index is -0.0926. The average Bonchev–Trinajstić information content (AvgIpc) is 3.18. The summed E-state index contributed by atoms with van der Waals surface area (Å²) in [7, 11) is 1.63. The fourth-order valence-corrected chi connectivity index (χ4v) is 3.27. The predicted molar refractivity (Wildman–Crippen MR) is 105 cm³/mol. The lowest BCUT2D eigenvalue weighted by Gasteiger charge is -2.23. The molecule has 0 radical (unpaired) electrons. The van der Waals surface area contributed by atoms with E-state index in [4.69, 9.17) is 4.74 Å². The van der Waals surface area contributed by atoms with Crippen molar-refractivity contribution >= 4 is 23.2 Å². The number of hydrogen-bond acceptors (Lipinski definition) is 4. The summed E-state index contributed by atoms with van der Waals surface area (Å²) in [5.74, 6) is 0.962. The van der Waals surface area contributed by atoms with Gasteiger partial charge in [0, 0.05) is 23.9 Å². The molecule has 0 aliphatic carbocycles. The zero-order chi connectivity index (χ0) is 18.9. The summed E-state index contributed by atoms with van der Waals surface area (Å²) in [5, 5.41) is 9.61. The average molecular weight is 375 g/mol. The van der Waals surface area contributed by atoms with Crippen LogP contribution in [0, 0.1) is 5.92 Å². The number of ether oxygens (including phenoxy) is 1. The zero-order valence-electron chi connectivity index (χ0n) is 15.5. The minimum absolute atomic E-state index is 0.00991. The molecule has 2 aromatic rings. The van der Waals surface area contributed by atoms with Crippen LogP contribution in [-0.2, 0) is 4.79 Å². The summed E-state index contributed by atoms with van der Waals surface area (Å²) in [4.78, 5) is 24.1. The van der Waals surface area contributed by atoms with Crippen molar-refractivity contribution < 1.29 is 14.3 Å². The summed E-state index contributed by atoms with van der Waals surface area (Å²) in [6.07, 6.45) is 0.985. The summed E-state index contributed by atoms with van der Waals surface area (Å²) in [6, 6.07) is 9.49. The molecule has 2 amide bonds. The quantitative estimate of drug-likeness (QED) is 0.657. The van der Waals surface area contributed by atoms with E-state index in [2.05, 4.69) is 24.5 Å². The Balaban J connectivity index is 1.79. The van der Waals surface area contributed by atoms with Gasteiger partial charge in [0.1, 0.15) is 5.75 Å². The van der Waals surface area contributed by atoms with Crippen molar-refractivity contribution in [3.8, 4) is 5.75 Å². The number of hydrogen-bond donors (Lipinski definition) is 2. The minimum Gasteiger partial charge on any atom is -0.497 e. The highest BCUT2D eigenvalue weighted by Gasteiger charge is 2.18. The molecule has 1 unspecified atom stereocenters. The Labute approximate surface area is 158 Å². The van der Waals surface area contributed by atoms with Crippen molar-refractivity contribution in [2.45, 2.75) is 32.7 Å². The molecule has 0 saturated carbocycles. The highest BCUT2D eigenvalue weighted by molar-refractivity contribution is 7.08. The van der Waals surface area contributed by atoms with Gasteiger partial charge in [0.25, 0.3) is 5.91 Å². The number of methoxy groups -OCH3 is 1. The molecule has 140 valence electrons. The number of amides is 2. The van der Waals surface area contributed by atoms with Crippen LogP contribution in [0.2, 0.25) is 0 Å². The number of benzene rings is 1. The van der Waals surface area contributed by atoms with E-state index in [0.29, 0.717) is 24.9 Å². The lowest BCUT2D eigenvalue weighted by atomic mass is 9.95. The van der Waals surface area contributed by atoms with Gasteiger partial charge in [-0.2, -0.15) is 11.3 Å². The van der Waals surface area contributed by atoms with Gasteiger partial charge in [-0.3, -0.25) is 9.59 Å². The second kappa shape index (κ2) is 9.97. The highest BCUT2D eigenvalue weighted by atomic mass is 32.1. The van der Waals surface area contributed by atoms with Crippen LogP contribution >= 0.6 is 11.3 Å². The summed E-state index contributed by atoms with van der Waals surface area (Å²) < 4.78 is 5.18. The van der Waals surface area contributed by atoms with Crippen LogP contribution in [0.4, 0.5) is 0 Å². The molecule has 0 saturated heterocycles. The maximum Gasteiger partial charge on any atom is 0.252 e. The smallest absolute Gasteiger partial charge is 0.252 e. The van der Waals surface area contributed by atoms with Crippen LogP contribution in [0.25, 0.3) is 0 Å². The van der Waals surface area contributed by atoms with Crippen molar-refractivity contribution in [3.05, 3.63) is 52.2 Å². The number of thiophene rings is 1. The van der Waals surface area contributed by atoms with Crippen molar-refractivity contribution in [3.63, 3.8) is 0 Å². The molecular formula is C20H26N2O3S. The Morgan fingerprint density at radius 1 is 1.15 bits per heavy atom. The first-order valence-electron chi connectivity index (χ1n) is 8.75. The van der Waals surface area contributed by atoms with Gasteiger partial charge in [-0.1, -0.05) is 26.0 Å². The number of carbonyl (C=O) groups is 2. The van der Waals surface area contributed by atoms with Gasteiger partial charge in [0.05, 0.1) is 13.2 Å². The Morgan fingerprint density at radius 2 is 1.88 bits per heavy atom. The first-order valence-corrected chi connectivity index (χ1v) is 9.69. The fraction of sp³-hybridized carbons (Fsp3) is 0.400. The zero-order valence-corrected chi connectivity index (χ0v) is 16.3. The maximum absolute atomic E-state index is 12.3. The van der Waals surface area contributed by atoms with E-state index >= 15 is 0 Å². The third-order valence-electron chi connectivity index (χ3n) is 4.11. The van der Waals surface area contributed by atoms with E-state index in [1.807, 2.05) is 35.0 Å². The first kappa shape index (κ1) is 20.0. The van der Waals surface area contributed by atoms with E-state index in [-0.39, 0.29) is 23.8 Å². The molecule has 0 aliphatic heterocycles. The van der Waals surface area contributed by atoms with Gasteiger partial charge in [0.2, 0.25) is 5.91 Å². The van der Waals surface area contributed by atoms with Crippen molar-refractivity contribution in [1.82, 2.24) is 10.6 Å². The maximum atomic E-state index is 12.3. The van der Waals surface area contributed by atoms with E-state index in [9.17, 15) is 9.59 Å². The fourth-order valence-electron chi connectivity index (χ4n) is 2.64. The molecule has 6 heteroatoms.